The van der Waals surface area contributed by atoms with E-state index in [-0.39, 0.29) is 6.79 Å². The highest BCUT2D eigenvalue weighted by Crippen LogP contribution is 2.40. The Bertz CT molecular complexity index is 631. The third-order valence-electron chi connectivity index (χ3n) is 2.96. The van der Waals surface area contributed by atoms with Crippen LogP contribution in [0.25, 0.3) is 0 Å². The summed E-state index contributed by atoms with van der Waals surface area (Å²) in [6.45, 7) is 4.99. The summed E-state index contributed by atoms with van der Waals surface area (Å²) in [7, 11) is 0. The Morgan fingerprint density at radius 1 is 1.30 bits per heavy atom. The highest BCUT2D eigenvalue weighted by molar-refractivity contribution is 5.70. The molecule has 0 saturated carbocycles. The summed E-state index contributed by atoms with van der Waals surface area (Å²) in [5.74, 6) is 2.81. The molecule has 6 nitrogen and oxygen atoms in total. The molecule has 0 bridgehead atoms. The molecule has 0 radical (unpaired) electrons. The largest absolute Gasteiger partial charge is 0.454 e. The molecule has 2 heterocycles. The van der Waals surface area contributed by atoms with Gasteiger partial charge in [0.05, 0.1) is 5.69 Å². The number of anilines is 3. The summed E-state index contributed by atoms with van der Waals surface area (Å²) >= 11 is 0. The van der Waals surface area contributed by atoms with Crippen molar-refractivity contribution in [1.82, 2.24) is 9.97 Å². The molecule has 2 N–H and O–H groups in total. The van der Waals surface area contributed by atoms with E-state index in [9.17, 15) is 0 Å². The molecule has 1 aliphatic heterocycles. The molecule has 104 valence electrons. The predicted molar refractivity (Wildman–Crippen MR) is 76.8 cm³/mol. The van der Waals surface area contributed by atoms with Crippen molar-refractivity contribution in [1.29, 1.82) is 0 Å². The maximum Gasteiger partial charge on any atom is 0.231 e. The molecule has 0 fully saturated rings. The molecule has 0 amide bonds. The van der Waals surface area contributed by atoms with Gasteiger partial charge in [-0.2, -0.15) is 4.98 Å². The van der Waals surface area contributed by atoms with E-state index in [0.29, 0.717) is 5.95 Å². The van der Waals surface area contributed by atoms with Gasteiger partial charge in [-0.1, -0.05) is 6.07 Å². The van der Waals surface area contributed by atoms with E-state index in [1.807, 2.05) is 32.0 Å². The van der Waals surface area contributed by atoms with Gasteiger partial charge < -0.3 is 20.1 Å². The van der Waals surface area contributed by atoms with Gasteiger partial charge in [-0.05, 0) is 26.0 Å². The second-order valence-electron chi connectivity index (χ2n) is 4.42. The molecule has 2 aromatic rings. The van der Waals surface area contributed by atoms with Crippen LogP contribution >= 0.6 is 0 Å². The van der Waals surface area contributed by atoms with E-state index in [1.165, 1.54) is 0 Å². The fourth-order valence-corrected chi connectivity index (χ4v) is 1.97. The molecule has 1 aliphatic rings. The Kier molecular flexibility index (Phi) is 3.28. The van der Waals surface area contributed by atoms with Crippen molar-refractivity contribution in [2.24, 2.45) is 0 Å². The third kappa shape index (κ3) is 2.32. The molecule has 0 unspecified atom stereocenters. The predicted octanol–water partition coefficient (Wildman–Crippen LogP) is 2.69. The van der Waals surface area contributed by atoms with Gasteiger partial charge in [-0.25, -0.2) is 4.98 Å². The monoisotopic (exact) mass is 272 g/mol. The lowest BCUT2D eigenvalue weighted by Crippen LogP contribution is -2.05. The second-order valence-corrected chi connectivity index (χ2v) is 4.42. The number of para-hydroxylation sites is 1. The van der Waals surface area contributed by atoms with Crippen molar-refractivity contribution in [3.8, 4) is 11.5 Å². The average molecular weight is 272 g/mol. The Morgan fingerprint density at radius 2 is 2.20 bits per heavy atom. The van der Waals surface area contributed by atoms with Crippen molar-refractivity contribution in [2.45, 2.75) is 13.8 Å². The first-order chi connectivity index (χ1) is 9.78. The van der Waals surface area contributed by atoms with Crippen molar-refractivity contribution >= 4 is 17.5 Å². The van der Waals surface area contributed by atoms with Gasteiger partial charge in [0.1, 0.15) is 5.82 Å². The number of rotatable bonds is 4. The van der Waals surface area contributed by atoms with Gasteiger partial charge in [-0.3, -0.25) is 0 Å². The first-order valence-electron chi connectivity index (χ1n) is 6.51. The molecule has 6 heteroatoms. The van der Waals surface area contributed by atoms with Crippen LogP contribution in [0.3, 0.4) is 0 Å². The van der Waals surface area contributed by atoms with Gasteiger partial charge in [0.2, 0.25) is 12.7 Å². The number of ether oxygens (including phenoxy) is 2. The van der Waals surface area contributed by atoms with Gasteiger partial charge in [0.15, 0.2) is 11.5 Å². The Balaban J connectivity index is 1.91. The molecule has 0 saturated heterocycles. The van der Waals surface area contributed by atoms with Crippen LogP contribution in [0, 0.1) is 6.92 Å². The highest BCUT2D eigenvalue weighted by Gasteiger charge is 2.18. The summed E-state index contributed by atoms with van der Waals surface area (Å²) in [4.78, 5) is 8.68. The van der Waals surface area contributed by atoms with Crippen LogP contribution in [0.15, 0.2) is 24.4 Å². The number of aromatic nitrogens is 2. The summed E-state index contributed by atoms with van der Waals surface area (Å²) < 4.78 is 10.8. The SMILES string of the molecule is CCNc1ncc(C)c(Nc2cccc3c2OCO3)n1. The fraction of sp³-hybridized carbons (Fsp3) is 0.286. The molecule has 0 spiro atoms. The molecule has 0 aliphatic carbocycles. The Labute approximate surface area is 117 Å². The standard InChI is InChI=1S/C14H16N4O2/c1-3-15-14-16-7-9(2)13(18-14)17-10-5-4-6-11-12(10)20-8-19-11/h4-7H,3,8H2,1-2H3,(H2,15,16,17,18). The smallest absolute Gasteiger partial charge is 0.231 e. The maximum absolute atomic E-state index is 5.48. The first kappa shape index (κ1) is 12.5. The number of hydrogen-bond acceptors (Lipinski definition) is 6. The van der Waals surface area contributed by atoms with Crippen LogP contribution in [0.4, 0.5) is 17.5 Å². The number of nitrogens with one attached hydrogen (secondary N) is 2. The van der Waals surface area contributed by atoms with Gasteiger partial charge in [-0.15, -0.1) is 0 Å². The minimum absolute atomic E-state index is 0.249. The minimum Gasteiger partial charge on any atom is -0.454 e. The quantitative estimate of drug-likeness (QED) is 0.892. The lowest BCUT2D eigenvalue weighted by molar-refractivity contribution is 0.174. The molecule has 1 aromatic carbocycles. The number of hydrogen-bond donors (Lipinski definition) is 2. The molecule has 20 heavy (non-hydrogen) atoms. The third-order valence-corrected chi connectivity index (χ3v) is 2.96. The van der Waals surface area contributed by atoms with Crippen LogP contribution < -0.4 is 20.1 Å². The van der Waals surface area contributed by atoms with E-state index in [0.717, 1.165) is 35.1 Å². The average Bonchev–Trinajstić information content (AvgIpc) is 2.92. The van der Waals surface area contributed by atoms with Crippen LogP contribution in [0.1, 0.15) is 12.5 Å². The zero-order chi connectivity index (χ0) is 13.9. The molecule has 1 aromatic heterocycles. The molecule has 0 atom stereocenters. The minimum atomic E-state index is 0.249. The van der Waals surface area contributed by atoms with E-state index >= 15 is 0 Å². The zero-order valence-corrected chi connectivity index (χ0v) is 11.4. The second kappa shape index (κ2) is 5.24. The summed E-state index contributed by atoms with van der Waals surface area (Å²) in [5, 5.41) is 6.37. The van der Waals surface area contributed by atoms with E-state index in [1.54, 1.807) is 6.20 Å². The van der Waals surface area contributed by atoms with Crippen molar-refractivity contribution in [2.75, 3.05) is 24.0 Å². The lowest BCUT2D eigenvalue weighted by atomic mass is 10.2. The number of nitrogens with zero attached hydrogens (tertiary/aromatic N) is 2. The van der Waals surface area contributed by atoms with E-state index in [2.05, 4.69) is 20.6 Å². The van der Waals surface area contributed by atoms with Gasteiger partial charge in [0.25, 0.3) is 0 Å². The number of benzene rings is 1. The molecular weight excluding hydrogens is 256 g/mol. The molecular formula is C14H16N4O2. The van der Waals surface area contributed by atoms with Crippen molar-refractivity contribution < 1.29 is 9.47 Å². The van der Waals surface area contributed by atoms with Gasteiger partial charge in [0, 0.05) is 18.3 Å². The van der Waals surface area contributed by atoms with Crippen LogP contribution in [0.5, 0.6) is 11.5 Å². The zero-order valence-electron chi connectivity index (χ0n) is 11.4. The van der Waals surface area contributed by atoms with Crippen LogP contribution in [-0.2, 0) is 0 Å². The normalized spacial score (nSPS) is 12.3. The number of aryl methyl sites for hydroxylation is 1. The van der Waals surface area contributed by atoms with E-state index < -0.39 is 0 Å². The molecule has 3 rings (SSSR count). The highest BCUT2D eigenvalue weighted by atomic mass is 16.7. The van der Waals surface area contributed by atoms with Crippen molar-refractivity contribution in [3.63, 3.8) is 0 Å². The summed E-state index contributed by atoms with van der Waals surface area (Å²) in [5.41, 5.74) is 1.80. The lowest BCUT2D eigenvalue weighted by Gasteiger charge is -2.11. The topological polar surface area (TPSA) is 68.3 Å². The summed E-state index contributed by atoms with van der Waals surface area (Å²) in [6.07, 6.45) is 1.79. The van der Waals surface area contributed by atoms with Gasteiger partial charge >= 0.3 is 0 Å². The number of fused-ring (bicyclic) bond motifs is 1. The van der Waals surface area contributed by atoms with Crippen LogP contribution in [0.2, 0.25) is 0 Å². The Hall–Kier alpha value is -2.50. The Morgan fingerprint density at radius 3 is 3.05 bits per heavy atom. The fourth-order valence-electron chi connectivity index (χ4n) is 1.97. The summed E-state index contributed by atoms with van der Waals surface area (Å²) in [6, 6.07) is 5.73. The first-order valence-corrected chi connectivity index (χ1v) is 6.51. The van der Waals surface area contributed by atoms with Crippen molar-refractivity contribution in [3.05, 3.63) is 30.0 Å². The maximum atomic E-state index is 5.48. The van der Waals surface area contributed by atoms with E-state index in [4.69, 9.17) is 9.47 Å². The van der Waals surface area contributed by atoms with Crippen LogP contribution in [-0.4, -0.2) is 23.3 Å².